The van der Waals surface area contributed by atoms with Gasteiger partial charge in [0.25, 0.3) is 0 Å². The molecule has 0 aliphatic carbocycles. The molecule has 2 N–H and O–H groups in total. The van der Waals surface area contributed by atoms with Gasteiger partial charge in [-0.05, 0) is 25.0 Å². The zero-order chi connectivity index (χ0) is 22.4. The molecule has 0 radical (unpaired) electrons. The highest BCUT2D eigenvalue weighted by atomic mass is 16.6. The maximum absolute atomic E-state index is 13.1. The summed E-state index contributed by atoms with van der Waals surface area (Å²) in [4.78, 5) is 42.0. The number of allylic oxidation sites excluding steroid dienone is 1. The van der Waals surface area contributed by atoms with E-state index >= 15 is 0 Å². The fraction of sp³-hybridized carbons (Fsp3) is 0.250. The molecule has 0 saturated carbocycles. The Morgan fingerprint density at radius 1 is 1.40 bits per heavy atom. The van der Waals surface area contributed by atoms with Crippen LogP contribution in [-0.4, -0.2) is 41.6 Å². The van der Waals surface area contributed by atoms with Crippen LogP contribution in [0.15, 0.2) is 53.8 Å². The average molecular weight is 413 g/mol. The molecule has 10 nitrogen and oxygen atoms in total. The van der Waals surface area contributed by atoms with Crippen molar-refractivity contribution in [2.45, 2.75) is 19.9 Å². The van der Waals surface area contributed by atoms with E-state index < -0.39 is 35.6 Å². The van der Waals surface area contributed by atoms with Gasteiger partial charge in [-0.15, -0.1) is 0 Å². The Balaban J connectivity index is 2.81. The highest BCUT2D eigenvalue weighted by Gasteiger charge is 2.48. The molecule has 1 unspecified atom stereocenters. The Hall–Kier alpha value is -4.13. The van der Waals surface area contributed by atoms with E-state index in [0.29, 0.717) is 16.0 Å². The maximum Gasteiger partial charge on any atom is 0.528 e. The average Bonchev–Trinajstić information content (AvgIpc) is 2.73. The molecule has 1 atom stereocenters. The van der Waals surface area contributed by atoms with Gasteiger partial charge < -0.3 is 19.9 Å². The number of rotatable bonds is 6. The van der Waals surface area contributed by atoms with Crippen LogP contribution in [0.3, 0.4) is 0 Å². The lowest BCUT2D eigenvalue weighted by Gasteiger charge is -2.35. The van der Waals surface area contributed by atoms with E-state index in [-0.39, 0.29) is 17.9 Å². The molecule has 10 heteroatoms. The lowest BCUT2D eigenvalue weighted by atomic mass is 9.90. The first-order valence-electron chi connectivity index (χ1n) is 8.88. The Morgan fingerprint density at radius 2 is 2.07 bits per heavy atom. The topological polar surface area (TPSA) is 133 Å². The number of methoxy groups -OCH3 is 1. The van der Waals surface area contributed by atoms with Gasteiger partial charge in [-0.1, -0.05) is 36.9 Å². The predicted molar refractivity (Wildman–Crippen MR) is 106 cm³/mol. The number of carbonyl (C=O) groups excluding carboxylic acids is 3. The van der Waals surface area contributed by atoms with Gasteiger partial charge in [-0.25, -0.2) is 14.5 Å². The number of diazo groups is 1. The first-order valence-corrected chi connectivity index (χ1v) is 8.88. The number of urea groups is 1. The quantitative estimate of drug-likeness (QED) is 0.317. The largest absolute Gasteiger partial charge is 0.528 e. The van der Waals surface area contributed by atoms with Crippen LogP contribution in [-0.2, 0) is 19.1 Å². The van der Waals surface area contributed by atoms with Crippen molar-refractivity contribution in [1.82, 2.24) is 10.2 Å². The summed E-state index contributed by atoms with van der Waals surface area (Å²) in [5.41, 5.74) is 0.206. The number of imide groups is 1. The van der Waals surface area contributed by atoms with Crippen molar-refractivity contribution < 1.29 is 29.0 Å². The lowest BCUT2D eigenvalue weighted by Crippen LogP contribution is -2.51. The summed E-state index contributed by atoms with van der Waals surface area (Å²) in [7, 11) is 1.04. The van der Waals surface area contributed by atoms with Gasteiger partial charge in [0.1, 0.15) is 6.04 Å². The van der Waals surface area contributed by atoms with E-state index in [0.717, 1.165) is 7.11 Å². The van der Waals surface area contributed by atoms with Crippen molar-refractivity contribution in [2.75, 3.05) is 13.7 Å². The second-order valence-corrected chi connectivity index (χ2v) is 6.06. The third kappa shape index (κ3) is 4.00. The van der Waals surface area contributed by atoms with Crippen LogP contribution in [0.25, 0.3) is 11.1 Å². The van der Waals surface area contributed by atoms with Crippen molar-refractivity contribution in [3.05, 3.63) is 69.9 Å². The number of ether oxygens (including phenoxy) is 2. The number of esters is 1. The fourth-order valence-corrected chi connectivity index (χ4v) is 3.05. The van der Waals surface area contributed by atoms with E-state index in [1.165, 1.54) is 13.0 Å². The highest BCUT2D eigenvalue weighted by molar-refractivity contribution is 6.08. The van der Waals surface area contributed by atoms with Crippen molar-refractivity contribution in [3.63, 3.8) is 0 Å². The molecule has 0 bridgehead atoms. The molecule has 2 rings (SSSR count). The molecular weight excluding hydrogens is 392 g/mol. The van der Waals surface area contributed by atoms with E-state index in [2.05, 4.69) is 21.6 Å². The molecule has 1 aliphatic heterocycles. The second kappa shape index (κ2) is 9.38. The highest BCUT2D eigenvalue weighted by Crippen LogP contribution is 2.37. The number of carbonyl (C=O) groups is 3. The number of hydrogen-bond acceptors (Lipinski definition) is 7. The van der Waals surface area contributed by atoms with Crippen LogP contribution in [0.4, 0.5) is 4.79 Å². The van der Waals surface area contributed by atoms with Gasteiger partial charge in [0.2, 0.25) is 5.39 Å². The van der Waals surface area contributed by atoms with Gasteiger partial charge in [-0.3, -0.25) is 4.79 Å². The summed E-state index contributed by atoms with van der Waals surface area (Å²) >= 11 is 0. The normalized spacial score (nSPS) is 16.8. The molecule has 0 saturated heterocycles. The smallest absolute Gasteiger partial charge is 0.475 e. The minimum absolute atomic E-state index is 0.00621. The van der Waals surface area contributed by atoms with E-state index in [1.807, 2.05) is 0 Å². The number of aliphatic hydroxyl groups excluding tert-OH is 1. The maximum atomic E-state index is 13.1. The summed E-state index contributed by atoms with van der Waals surface area (Å²) < 4.78 is 9.68. The monoisotopic (exact) mass is 413 g/mol. The number of nitrogens with one attached hydrogen (secondary N) is 1. The van der Waals surface area contributed by atoms with Crippen molar-refractivity contribution in [2.24, 2.45) is 0 Å². The lowest BCUT2D eigenvalue weighted by molar-refractivity contribution is -0.139. The van der Waals surface area contributed by atoms with Crippen molar-refractivity contribution in [3.8, 4) is 0 Å². The number of aliphatic hydroxyl groups is 1. The first-order chi connectivity index (χ1) is 14.3. The summed E-state index contributed by atoms with van der Waals surface area (Å²) in [6.45, 7) is 6.91. The zero-order valence-electron chi connectivity index (χ0n) is 16.7. The Morgan fingerprint density at radius 3 is 2.63 bits per heavy atom. The van der Waals surface area contributed by atoms with E-state index in [4.69, 9.17) is 4.74 Å². The molecule has 156 valence electrons. The van der Waals surface area contributed by atoms with Crippen LogP contribution >= 0.6 is 0 Å². The Labute approximate surface area is 172 Å². The molecule has 1 aliphatic rings. The van der Waals surface area contributed by atoms with E-state index in [9.17, 15) is 24.9 Å². The first kappa shape index (κ1) is 22.2. The van der Waals surface area contributed by atoms with Gasteiger partial charge in [0.15, 0.2) is 4.98 Å². The summed E-state index contributed by atoms with van der Waals surface area (Å²) in [5, 5.41) is 21.4. The molecule has 3 amide bonds. The third-order valence-electron chi connectivity index (χ3n) is 4.37. The summed E-state index contributed by atoms with van der Waals surface area (Å²) in [5.74, 6) is -2.96. The van der Waals surface area contributed by atoms with Crippen LogP contribution in [0, 0.1) is 5.39 Å². The van der Waals surface area contributed by atoms with Crippen molar-refractivity contribution >= 4 is 24.0 Å². The van der Waals surface area contributed by atoms with Gasteiger partial charge in [0, 0.05) is 5.70 Å². The minimum atomic E-state index is -1.25. The molecular formula is C20H21N4O6+. The number of benzene rings is 1. The van der Waals surface area contributed by atoms with Crippen LogP contribution in [0.5, 0.6) is 0 Å². The predicted octanol–water partition coefficient (Wildman–Crippen LogP) is 2.99. The molecule has 30 heavy (non-hydrogen) atoms. The molecule has 1 aromatic carbocycles. The fourth-order valence-electron chi connectivity index (χ4n) is 3.05. The van der Waals surface area contributed by atoms with Crippen LogP contribution < -0.4 is 5.32 Å². The number of hydrogen-bond donors (Lipinski definition) is 2. The minimum Gasteiger partial charge on any atom is -0.475 e. The Kier molecular flexibility index (Phi) is 6.93. The van der Waals surface area contributed by atoms with Crippen LogP contribution in [0.2, 0.25) is 0 Å². The standard InChI is InChI=1S/C20H20N4O6/c1-5-12-9-7-8-10-13(12)16-14(18(26)30-6-2)11(3)22-20(28)24(16)17(25)15(23-21)19(27)29-4/h5,7-10,16H,1,6H2,2-4H3,(H-,22,25,26,27,28)/p+1. The second-order valence-electron chi connectivity index (χ2n) is 6.06. The van der Waals surface area contributed by atoms with E-state index in [1.54, 1.807) is 31.2 Å². The third-order valence-corrected chi connectivity index (χ3v) is 4.37. The zero-order valence-corrected chi connectivity index (χ0v) is 16.7. The Bertz CT molecular complexity index is 1000. The molecule has 1 aromatic rings. The van der Waals surface area contributed by atoms with Gasteiger partial charge >= 0.3 is 29.5 Å². The van der Waals surface area contributed by atoms with Gasteiger partial charge in [0.05, 0.1) is 19.3 Å². The number of amides is 3. The van der Waals surface area contributed by atoms with Crippen LogP contribution in [0.1, 0.15) is 31.0 Å². The summed E-state index contributed by atoms with van der Waals surface area (Å²) in [6, 6.07) is 4.54. The summed E-state index contributed by atoms with van der Waals surface area (Å²) in [6.07, 6.45) is 1.50. The SMILES string of the molecule is C=Cc1ccccc1C1C(C(=O)OCC)=C(C)NC(=O)N1C(=O)/C([N+]#N)=C(\O)OC. The van der Waals surface area contributed by atoms with Gasteiger partial charge in [-0.2, -0.15) is 0 Å². The molecule has 0 aromatic heterocycles. The molecule has 0 fully saturated rings. The van der Waals surface area contributed by atoms with Crippen molar-refractivity contribution in [1.29, 1.82) is 5.39 Å². The number of nitrogens with zero attached hydrogens (tertiary/aromatic N) is 3. The molecule has 1 heterocycles. The molecule has 0 spiro atoms.